The van der Waals surface area contributed by atoms with E-state index in [-0.39, 0.29) is 0 Å². The van der Waals surface area contributed by atoms with Crippen LogP contribution in [-0.4, -0.2) is 25.5 Å². The third-order valence-corrected chi connectivity index (χ3v) is 5.75. The van der Waals surface area contributed by atoms with Crippen molar-refractivity contribution < 1.29 is 13.2 Å². The molecule has 0 saturated heterocycles. The SMILES string of the molecule is Cc1cn2c(CNCC3CCc4nc(C(F)(F)F)cn4C3)c(C)nc2s1. The number of fused-ring (bicyclic) bond motifs is 2. The maximum atomic E-state index is 12.8. The molecule has 0 bridgehead atoms. The Balaban J connectivity index is 1.38. The normalized spacial score (nSPS) is 17.8. The molecule has 1 atom stereocenters. The van der Waals surface area contributed by atoms with Crippen molar-refractivity contribution in [2.45, 2.75) is 46.0 Å². The van der Waals surface area contributed by atoms with E-state index in [4.69, 9.17) is 0 Å². The van der Waals surface area contributed by atoms with Crippen LogP contribution in [0.25, 0.3) is 4.96 Å². The summed E-state index contributed by atoms with van der Waals surface area (Å²) in [6, 6.07) is 0. The molecule has 3 aromatic rings. The Labute approximate surface area is 152 Å². The van der Waals surface area contributed by atoms with Crippen molar-refractivity contribution in [1.29, 1.82) is 0 Å². The van der Waals surface area contributed by atoms with Crippen molar-refractivity contribution >= 4 is 16.3 Å². The highest BCUT2D eigenvalue weighted by molar-refractivity contribution is 7.17. The van der Waals surface area contributed by atoms with Crippen molar-refractivity contribution in [2.24, 2.45) is 5.92 Å². The molecule has 0 amide bonds. The molecular weight excluding hydrogens is 363 g/mol. The van der Waals surface area contributed by atoms with Crippen molar-refractivity contribution in [2.75, 3.05) is 6.54 Å². The summed E-state index contributed by atoms with van der Waals surface area (Å²) in [6.45, 7) is 6.09. The summed E-state index contributed by atoms with van der Waals surface area (Å²) >= 11 is 1.67. The lowest BCUT2D eigenvalue weighted by Gasteiger charge is -2.24. The second kappa shape index (κ2) is 6.38. The lowest BCUT2D eigenvalue weighted by atomic mass is 9.99. The fourth-order valence-corrected chi connectivity index (χ4v) is 4.42. The highest BCUT2D eigenvalue weighted by atomic mass is 32.1. The van der Waals surface area contributed by atoms with Gasteiger partial charge in [-0.15, -0.1) is 11.3 Å². The maximum Gasteiger partial charge on any atom is 0.434 e. The highest BCUT2D eigenvalue weighted by Gasteiger charge is 2.35. The minimum atomic E-state index is -4.37. The van der Waals surface area contributed by atoms with Crippen LogP contribution in [-0.2, 0) is 25.7 Å². The third-order valence-electron chi connectivity index (χ3n) is 4.85. The van der Waals surface area contributed by atoms with Gasteiger partial charge in [0, 0.05) is 43.3 Å². The summed E-state index contributed by atoms with van der Waals surface area (Å²) in [7, 11) is 0. The predicted molar refractivity (Wildman–Crippen MR) is 93.3 cm³/mol. The zero-order chi connectivity index (χ0) is 18.5. The number of rotatable bonds is 4. The number of nitrogens with zero attached hydrogens (tertiary/aromatic N) is 4. The first-order valence-electron chi connectivity index (χ1n) is 8.59. The number of nitrogens with one attached hydrogen (secondary N) is 1. The second-order valence-corrected chi connectivity index (χ2v) is 8.08. The molecule has 0 spiro atoms. The summed E-state index contributed by atoms with van der Waals surface area (Å²) < 4.78 is 42.2. The Morgan fingerprint density at radius 3 is 2.85 bits per heavy atom. The van der Waals surface area contributed by atoms with E-state index in [2.05, 4.69) is 32.8 Å². The zero-order valence-electron chi connectivity index (χ0n) is 14.6. The third kappa shape index (κ3) is 3.25. The molecule has 4 rings (SSSR count). The standard InChI is InChI=1S/C17H20F3N5S/c1-10-7-25-13(11(2)22-16(25)26-10)6-21-5-12-3-4-15-23-14(17(18,19)20)9-24(15)8-12/h7,9,12,21H,3-6,8H2,1-2H3. The molecule has 1 aliphatic heterocycles. The van der Waals surface area contributed by atoms with Crippen LogP contribution < -0.4 is 5.32 Å². The van der Waals surface area contributed by atoms with Crippen molar-refractivity contribution in [3.8, 4) is 0 Å². The summed E-state index contributed by atoms with van der Waals surface area (Å²) in [5, 5.41) is 3.46. The lowest BCUT2D eigenvalue weighted by Crippen LogP contribution is -2.30. The molecule has 9 heteroatoms. The predicted octanol–water partition coefficient (Wildman–Crippen LogP) is 3.58. The van der Waals surface area contributed by atoms with E-state index in [1.54, 1.807) is 15.9 Å². The van der Waals surface area contributed by atoms with Gasteiger partial charge < -0.3 is 9.88 Å². The topological polar surface area (TPSA) is 47.1 Å². The van der Waals surface area contributed by atoms with E-state index in [0.29, 0.717) is 31.3 Å². The monoisotopic (exact) mass is 383 g/mol. The molecule has 1 aliphatic rings. The fraction of sp³-hybridized carbons (Fsp3) is 0.529. The van der Waals surface area contributed by atoms with Crippen LogP contribution in [0, 0.1) is 19.8 Å². The number of hydrogen-bond donors (Lipinski definition) is 1. The van der Waals surface area contributed by atoms with Gasteiger partial charge in [0.15, 0.2) is 10.7 Å². The number of imidazole rings is 2. The van der Waals surface area contributed by atoms with Gasteiger partial charge in [-0.3, -0.25) is 4.40 Å². The van der Waals surface area contributed by atoms with Crippen LogP contribution in [0.5, 0.6) is 0 Å². The number of hydrogen-bond acceptors (Lipinski definition) is 4. The van der Waals surface area contributed by atoms with Crippen LogP contribution >= 0.6 is 11.3 Å². The summed E-state index contributed by atoms with van der Waals surface area (Å²) in [4.78, 5) is 10.5. The van der Waals surface area contributed by atoms with Gasteiger partial charge in [-0.05, 0) is 26.2 Å². The van der Waals surface area contributed by atoms with Gasteiger partial charge in [0.2, 0.25) is 0 Å². The molecule has 4 heterocycles. The number of thiazole rings is 1. The molecule has 0 saturated carbocycles. The van der Waals surface area contributed by atoms with Crippen LogP contribution in [0.1, 0.15) is 34.2 Å². The number of aryl methyl sites for hydroxylation is 3. The average molecular weight is 383 g/mol. The first kappa shape index (κ1) is 17.5. The van der Waals surface area contributed by atoms with Crippen molar-refractivity contribution in [3.63, 3.8) is 0 Å². The first-order chi connectivity index (χ1) is 12.3. The van der Waals surface area contributed by atoms with Gasteiger partial charge in [0.05, 0.1) is 11.4 Å². The molecule has 0 aliphatic carbocycles. The van der Waals surface area contributed by atoms with Crippen molar-refractivity contribution in [3.05, 3.63) is 40.2 Å². The minimum Gasteiger partial charge on any atom is -0.334 e. The molecule has 1 N–H and O–H groups in total. The Kier molecular flexibility index (Phi) is 4.31. The zero-order valence-corrected chi connectivity index (χ0v) is 15.4. The number of halogens is 3. The quantitative estimate of drug-likeness (QED) is 0.749. The van der Waals surface area contributed by atoms with Gasteiger partial charge in [0.1, 0.15) is 5.82 Å². The molecule has 3 aromatic heterocycles. The fourth-order valence-electron chi connectivity index (χ4n) is 3.53. The summed E-state index contributed by atoms with van der Waals surface area (Å²) in [5.74, 6) is 0.835. The molecule has 140 valence electrons. The molecule has 0 radical (unpaired) electrons. The Morgan fingerprint density at radius 2 is 2.08 bits per heavy atom. The Bertz CT molecular complexity index is 936. The van der Waals surface area contributed by atoms with E-state index in [0.717, 1.165) is 35.5 Å². The van der Waals surface area contributed by atoms with Gasteiger partial charge in [-0.2, -0.15) is 13.2 Å². The van der Waals surface area contributed by atoms with E-state index >= 15 is 0 Å². The summed E-state index contributed by atoms with van der Waals surface area (Å²) in [6.07, 6.45) is 0.289. The molecule has 5 nitrogen and oxygen atoms in total. The van der Waals surface area contributed by atoms with E-state index < -0.39 is 11.9 Å². The number of alkyl halides is 3. The highest BCUT2D eigenvalue weighted by Crippen LogP contribution is 2.30. The average Bonchev–Trinajstić information content (AvgIpc) is 3.20. The van der Waals surface area contributed by atoms with Crippen LogP contribution in [0.2, 0.25) is 0 Å². The van der Waals surface area contributed by atoms with Gasteiger partial charge in [-0.25, -0.2) is 9.97 Å². The first-order valence-corrected chi connectivity index (χ1v) is 9.41. The lowest BCUT2D eigenvalue weighted by molar-refractivity contribution is -0.141. The van der Waals surface area contributed by atoms with Crippen LogP contribution in [0.3, 0.4) is 0 Å². The van der Waals surface area contributed by atoms with Crippen LogP contribution in [0.15, 0.2) is 12.4 Å². The van der Waals surface area contributed by atoms with Gasteiger partial charge in [0.25, 0.3) is 0 Å². The van der Waals surface area contributed by atoms with E-state index in [1.165, 1.54) is 4.88 Å². The molecular formula is C17H20F3N5S. The number of aromatic nitrogens is 4. The minimum absolute atomic E-state index is 0.297. The molecule has 0 fully saturated rings. The van der Waals surface area contributed by atoms with Gasteiger partial charge >= 0.3 is 6.18 Å². The maximum absolute atomic E-state index is 12.8. The molecule has 0 aromatic carbocycles. The van der Waals surface area contributed by atoms with Crippen LogP contribution in [0.4, 0.5) is 13.2 Å². The largest absolute Gasteiger partial charge is 0.434 e. The smallest absolute Gasteiger partial charge is 0.334 e. The van der Waals surface area contributed by atoms with Gasteiger partial charge in [-0.1, -0.05) is 0 Å². The molecule has 26 heavy (non-hydrogen) atoms. The van der Waals surface area contributed by atoms with Crippen molar-refractivity contribution in [1.82, 2.24) is 24.3 Å². The van der Waals surface area contributed by atoms with E-state index in [9.17, 15) is 13.2 Å². The Hall–Kier alpha value is -1.87. The molecule has 1 unspecified atom stereocenters. The Morgan fingerprint density at radius 1 is 1.27 bits per heavy atom. The summed E-state index contributed by atoms with van der Waals surface area (Å²) in [5.41, 5.74) is 1.37. The second-order valence-electron chi connectivity index (χ2n) is 6.87. The van der Waals surface area contributed by atoms with E-state index in [1.807, 2.05) is 6.92 Å².